The maximum Gasteiger partial charge on any atom is 0.0465 e. The zero-order valence-electron chi connectivity index (χ0n) is 4.78. The van der Waals surface area contributed by atoms with Gasteiger partial charge in [-0.15, -0.1) is 0 Å². The van der Waals surface area contributed by atoms with Crippen molar-refractivity contribution in [2.75, 3.05) is 13.1 Å². The van der Waals surface area contributed by atoms with E-state index in [2.05, 4.69) is 11.8 Å². The molecule has 0 aromatic carbocycles. The molecule has 0 aromatic heterocycles. The largest absolute Gasteiger partial charge is 0.291 e. The van der Waals surface area contributed by atoms with Crippen molar-refractivity contribution < 1.29 is 0 Å². The molecule has 2 heterocycles. The maximum absolute atomic E-state index is 2.52. The van der Waals surface area contributed by atoms with Gasteiger partial charge in [0.1, 0.15) is 0 Å². The highest BCUT2D eigenvalue weighted by atomic mass is 15.5. The summed E-state index contributed by atoms with van der Waals surface area (Å²) in [6.45, 7) is 5.10. The molecule has 7 heavy (non-hydrogen) atoms. The third-order valence-corrected chi connectivity index (χ3v) is 2.15. The van der Waals surface area contributed by atoms with E-state index in [1.807, 2.05) is 0 Å². The molecule has 0 spiro atoms. The molecule has 2 fully saturated rings. The van der Waals surface area contributed by atoms with E-state index in [9.17, 15) is 0 Å². The first kappa shape index (κ1) is 3.90. The minimum absolute atomic E-state index is 0.800. The molecule has 2 saturated heterocycles. The first-order valence-corrected chi connectivity index (χ1v) is 3.12. The standard InChI is InChI=1S/C6H11N/c1-2-3-6-4-7(6)5-6/h2-5H2,1H3. The van der Waals surface area contributed by atoms with Crippen LogP contribution in [0.4, 0.5) is 0 Å². The lowest BCUT2D eigenvalue weighted by Gasteiger charge is -1.90. The zero-order chi connectivity index (χ0) is 4.91. The fraction of sp³-hybridized carbons (Fsp3) is 1.00. The normalized spacial score (nSPS) is 53.6. The average Bonchev–Trinajstić information content (AvgIpc) is 2.22. The summed E-state index contributed by atoms with van der Waals surface area (Å²) in [4.78, 5) is 2.52. The Morgan fingerprint density at radius 2 is 2.14 bits per heavy atom. The van der Waals surface area contributed by atoms with Crippen molar-refractivity contribution in [2.24, 2.45) is 0 Å². The van der Waals surface area contributed by atoms with Crippen molar-refractivity contribution in [3.8, 4) is 0 Å². The van der Waals surface area contributed by atoms with Gasteiger partial charge in [0.25, 0.3) is 0 Å². The van der Waals surface area contributed by atoms with Crippen LogP contribution in [0.3, 0.4) is 0 Å². The van der Waals surface area contributed by atoms with E-state index in [1.54, 1.807) is 0 Å². The second-order valence-electron chi connectivity index (χ2n) is 2.83. The number of hydrogen-bond acceptors (Lipinski definition) is 1. The summed E-state index contributed by atoms with van der Waals surface area (Å²) in [6.07, 6.45) is 2.82. The van der Waals surface area contributed by atoms with Gasteiger partial charge in [-0.2, -0.15) is 0 Å². The van der Waals surface area contributed by atoms with Crippen LogP contribution < -0.4 is 0 Å². The summed E-state index contributed by atoms with van der Waals surface area (Å²) in [6, 6.07) is 0. The minimum Gasteiger partial charge on any atom is -0.291 e. The van der Waals surface area contributed by atoms with Crippen LogP contribution in [0.2, 0.25) is 0 Å². The molecule has 0 aromatic rings. The van der Waals surface area contributed by atoms with E-state index in [4.69, 9.17) is 0 Å². The first-order chi connectivity index (χ1) is 3.37. The van der Waals surface area contributed by atoms with E-state index in [0.717, 1.165) is 5.54 Å². The van der Waals surface area contributed by atoms with E-state index in [1.165, 1.54) is 25.9 Å². The molecule has 0 radical (unpaired) electrons. The zero-order valence-corrected chi connectivity index (χ0v) is 4.78. The van der Waals surface area contributed by atoms with Crippen LogP contribution in [-0.4, -0.2) is 23.5 Å². The molecule has 2 aliphatic rings. The molecule has 0 saturated carbocycles. The predicted molar refractivity (Wildman–Crippen MR) is 29.2 cm³/mol. The van der Waals surface area contributed by atoms with Gasteiger partial charge < -0.3 is 0 Å². The van der Waals surface area contributed by atoms with Crippen LogP contribution in [-0.2, 0) is 0 Å². The third kappa shape index (κ3) is 0.367. The Balaban J connectivity index is 1.87. The van der Waals surface area contributed by atoms with Crippen molar-refractivity contribution in [1.29, 1.82) is 0 Å². The lowest BCUT2D eigenvalue weighted by molar-refractivity contribution is 0.718. The summed E-state index contributed by atoms with van der Waals surface area (Å²) >= 11 is 0. The summed E-state index contributed by atoms with van der Waals surface area (Å²) in [5, 5.41) is 0. The predicted octanol–water partition coefficient (Wildman–Crippen LogP) is 0.855. The summed E-state index contributed by atoms with van der Waals surface area (Å²) in [5.74, 6) is 0. The smallest absolute Gasteiger partial charge is 0.0465 e. The Bertz CT molecular complexity index is 92.4. The SMILES string of the molecule is CCCC12CN1C2. The molecule has 2 aliphatic heterocycles. The van der Waals surface area contributed by atoms with E-state index in [0.29, 0.717) is 0 Å². The van der Waals surface area contributed by atoms with Gasteiger partial charge in [-0.1, -0.05) is 13.3 Å². The van der Waals surface area contributed by atoms with Gasteiger partial charge in [-0.05, 0) is 6.42 Å². The topological polar surface area (TPSA) is 3.01 Å². The van der Waals surface area contributed by atoms with Gasteiger partial charge in [0.15, 0.2) is 0 Å². The second kappa shape index (κ2) is 0.873. The molecule has 0 amide bonds. The first-order valence-electron chi connectivity index (χ1n) is 3.12. The van der Waals surface area contributed by atoms with E-state index in [-0.39, 0.29) is 0 Å². The van der Waals surface area contributed by atoms with Crippen LogP contribution in [0.5, 0.6) is 0 Å². The van der Waals surface area contributed by atoms with E-state index >= 15 is 0 Å². The molecule has 1 nitrogen and oxygen atoms in total. The Kier molecular flexibility index (Phi) is 0.487. The summed E-state index contributed by atoms with van der Waals surface area (Å²) in [7, 11) is 0. The Labute approximate surface area is 44.3 Å². The van der Waals surface area contributed by atoms with Gasteiger partial charge in [0, 0.05) is 18.6 Å². The number of rotatable bonds is 2. The molecule has 0 aliphatic carbocycles. The number of nitrogens with zero attached hydrogens (tertiary/aromatic N) is 1. The molecule has 40 valence electrons. The summed E-state index contributed by atoms with van der Waals surface area (Å²) in [5.41, 5.74) is 0.800. The molecule has 0 bridgehead atoms. The number of hydrogen-bond donors (Lipinski definition) is 0. The average molecular weight is 97.2 g/mol. The monoisotopic (exact) mass is 97.1 g/mol. The van der Waals surface area contributed by atoms with Crippen LogP contribution >= 0.6 is 0 Å². The quantitative estimate of drug-likeness (QED) is 0.462. The van der Waals surface area contributed by atoms with Crippen molar-refractivity contribution in [3.63, 3.8) is 0 Å². The second-order valence-corrected chi connectivity index (χ2v) is 2.83. The summed E-state index contributed by atoms with van der Waals surface area (Å²) < 4.78 is 0. The Morgan fingerprint density at radius 1 is 1.57 bits per heavy atom. The van der Waals surface area contributed by atoms with Gasteiger partial charge in [-0.25, -0.2) is 0 Å². The van der Waals surface area contributed by atoms with Crippen molar-refractivity contribution in [2.45, 2.75) is 25.3 Å². The van der Waals surface area contributed by atoms with Crippen LogP contribution in [0, 0.1) is 0 Å². The molecule has 0 unspecified atom stereocenters. The lowest BCUT2D eigenvalue weighted by atomic mass is 10.1. The highest BCUT2D eigenvalue weighted by molar-refractivity contribution is 5.23. The lowest BCUT2D eigenvalue weighted by Crippen LogP contribution is -1.99. The van der Waals surface area contributed by atoms with Gasteiger partial charge in [0.05, 0.1) is 0 Å². The van der Waals surface area contributed by atoms with Gasteiger partial charge in [0.2, 0.25) is 0 Å². The molecule has 0 N–H and O–H groups in total. The molecular weight excluding hydrogens is 86.1 g/mol. The number of fused-ring (bicyclic) bond motifs is 1. The fourth-order valence-electron chi connectivity index (χ4n) is 1.38. The van der Waals surface area contributed by atoms with Crippen LogP contribution in [0.1, 0.15) is 19.8 Å². The molecule has 0 atom stereocenters. The molecule has 2 rings (SSSR count). The van der Waals surface area contributed by atoms with Crippen molar-refractivity contribution >= 4 is 0 Å². The third-order valence-electron chi connectivity index (χ3n) is 2.15. The molecular formula is C6H11N. The van der Waals surface area contributed by atoms with Gasteiger partial charge in [-0.3, -0.25) is 4.90 Å². The van der Waals surface area contributed by atoms with Crippen LogP contribution in [0.15, 0.2) is 0 Å². The minimum atomic E-state index is 0.800. The van der Waals surface area contributed by atoms with Crippen molar-refractivity contribution in [3.05, 3.63) is 0 Å². The fourth-order valence-corrected chi connectivity index (χ4v) is 1.38. The Morgan fingerprint density at radius 3 is 2.29 bits per heavy atom. The molecule has 1 heteroatoms. The highest BCUT2D eigenvalue weighted by Gasteiger charge is 2.66. The highest BCUT2D eigenvalue weighted by Crippen LogP contribution is 2.51. The van der Waals surface area contributed by atoms with Crippen LogP contribution in [0.25, 0.3) is 0 Å². The van der Waals surface area contributed by atoms with Gasteiger partial charge >= 0.3 is 0 Å². The van der Waals surface area contributed by atoms with E-state index < -0.39 is 0 Å². The van der Waals surface area contributed by atoms with Crippen molar-refractivity contribution in [1.82, 2.24) is 4.90 Å². The Hall–Kier alpha value is -0.0400. The maximum atomic E-state index is 2.52.